The molecule has 0 heterocycles. The summed E-state index contributed by atoms with van der Waals surface area (Å²) >= 11 is 0. The van der Waals surface area contributed by atoms with Gasteiger partial charge in [0.15, 0.2) is 0 Å². The number of hydrogen-bond acceptors (Lipinski definition) is 3. The molecule has 0 saturated carbocycles. The van der Waals surface area contributed by atoms with E-state index in [1.54, 1.807) is 19.2 Å². The average molecular weight is 265 g/mol. The Labute approximate surface area is 114 Å². The molecule has 19 heavy (non-hydrogen) atoms. The maximum absolute atomic E-state index is 11.8. The first-order valence-corrected chi connectivity index (χ1v) is 6.64. The van der Waals surface area contributed by atoms with Crippen molar-refractivity contribution in [2.24, 2.45) is 5.92 Å². The zero-order valence-corrected chi connectivity index (χ0v) is 11.7. The average Bonchev–Trinajstić information content (AvgIpc) is 2.44. The van der Waals surface area contributed by atoms with E-state index < -0.39 is 0 Å². The highest BCUT2D eigenvalue weighted by Crippen LogP contribution is 2.06. The molecule has 1 amide bonds. The number of benzene rings is 1. The zero-order chi connectivity index (χ0) is 14.1. The molecule has 4 heteroatoms. The Balaban J connectivity index is 2.33. The SMILES string of the molecule is COCc1ccc(C(=O)NCCCC(C)CO)cc1. The van der Waals surface area contributed by atoms with E-state index in [2.05, 4.69) is 5.32 Å². The number of aliphatic hydroxyl groups excluding tert-OH is 1. The van der Waals surface area contributed by atoms with Gasteiger partial charge in [0.1, 0.15) is 0 Å². The summed E-state index contributed by atoms with van der Waals surface area (Å²) in [5.41, 5.74) is 1.71. The Kier molecular flexibility index (Phi) is 7.15. The van der Waals surface area contributed by atoms with Crippen LogP contribution in [-0.2, 0) is 11.3 Å². The normalized spacial score (nSPS) is 12.2. The molecule has 0 aliphatic rings. The molecule has 1 aromatic carbocycles. The maximum Gasteiger partial charge on any atom is 0.251 e. The maximum atomic E-state index is 11.8. The molecule has 0 aromatic heterocycles. The number of aliphatic hydroxyl groups is 1. The highest BCUT2D eigenvalue weighted by molar-refractivity contribution is 5.94. The predicted octanol–water partition coefficient (Wildman–Crippen LogP) is 1.97. The van der Waals surface area contributed by atoms with Crippen LogP contribution in [0.4, 0.5) is 0 Å². The van der Waals surface area contributed by atoms with Gasteiger partial charge in [0, 0.05) is 25.8 Å². The van der Waals surface area contributed by atoms with Crippen LogP contribution in [0.15, 0.2) is 24.3 Å². The van der Waals surface area contributed by atoms with Crippen molar-refractivity contribution < 1.29 is 14.6 Å². The minimum Gasteiger partial charge on any atom is -0.396 e. The van der Waals surface area contributed by atoms with Crippen LogP contribution in [0, 0.1) is 5.92 Å². The van der Waals surface area contributed by atoms with E-state index >= 15 is 0 Å². The van der Waals surface area contributed by atoms with Crippen LogP contribution in [0.3, 0.4) is 0 Å². The third-order valence-electron chi connectivity index (χ3n) is 3.00. The highest BCUT2D eigenvalue weighted by Gasteiger charge is 2.05. The number of carbonyl (C=O) groups is 1. The van der Waals surface area contributed by atoms with E-state index in [-0.39, 0.29) is 12.5 Å². The van der Waals surface area contributed by atoms with Gasteiger partial charge in [0.05, 0.1) is 6.61 Å². The second-order valence-electron chi connectivity index (χ2n) is 4.82. The molecule has 106 valence electrons. The monoisotopic (exact) mass is 265 g/mol. The molecule has 0 radical (unpaired) electrons. The topological polar surface area (TPSA) is 58.6 Å². The van der Waals surface area contributed by atoms with Crippen molar-refractivity contribution in [2.75, 3.05) is 20.3 Å². The number of hydrogen-bond donors (Lipinski definition) is 2. The molecule has 2 N–H and O–H groups in total. The molecule has 1 aromatic rings. The van der Waals surface area contributed by atoms with E-state index in [0.29, 0.717) is 24.6 Å². The van der Waals surface area contributed by atoms with Crippen molar-refractivity contribution in [3.8, 4) is 0 Å². The second kappa shape index (κ2) is 8.67. The first-order valence-electron chi connectivity index (χ1n) is 6.64. The fourth-order valence-corrected chi connectivity index (χ4v) is 1.76. The lowest BCUT2D eigenvalue weighted by Gasteiger charge is -2.09. The summed E-state index contributed by atoms with van der Waals surface area (Å²) in [5.74, 6) is 0.242. The lowest BCUT2D eigenvalue weighted by atomic mass is 10.1. The van der Waals surface area contributed by atoms with Crippen molar-refractivity contribution in [2.45, 2.75) is 26.4 Å². The minimum atomic E-state index is -0.0550. The van der Waals surface area contributed by atoms with Crippen molar-refractivity contribution in [1.29, 1.82) is 0 Å². The molecular formula is C15H23NO3. The van der Waals surface area contributed by atoms with Crippen LogP contribution >= 0.6 is 0 Å². The fourth-order valence-electron chi connectivity index (χ4n) is 1.76. The summed E-state index contributed by atoms with van der Waals surface area (Å²) in [6.07, 6.45) is 1.80. The number of rotatable bonds is 8. The highest BCUT2D eigenvalue weighted by atomic mass is 16.5. The van der Waals surface area contributed by atoms with Gasteiger partial charge in [-0.05, 0) is 36.5 Å². The van der Waals surface area contributed by atoms with Crippen LogP contribution in [-0.4, -0.2) is 31.3 Å². The van der Waals surface area contributed by atoms with Crippen LogP contribution in [0.1, 0.15) is 35.7 Å². The lowest BCUT2D eigenvalue weighted by Crippen LogP contribution is -2.24. The molecule has 0 fully saturated rings. The Morgan fingerprint density at radius 2 is 2.05 bits per heavy atom. The molecule has 1 atom stereocenters. The number of methoxy groups -OCH3 is 1. The number of carbonyl (C=O) groups excluding carboxylic acids is 1. The van der Waals surface area contributed by atoms with Crippen molar-refractivity contribution in [3.05, 3.63) is 35.4 Å². The van der Waals surface area contributed by atoms with Gasteiger partial charge in [-0.1, -0.05) is 19.1 Å². The third kappa shape index (κ3) is 5.85. The zero-order valence-electron chi connectivity index (χ0n) is 11.7. The summed E-state index contributed by atoms with van der Waals surface area (Å²) in [7, 11) is 1.65. The summed E-state index contributed by atoms with van der Waals surface area (Å²) in [5, 5.41) is 11.8. The molecule has 0 saturated heterocycles. The van der Waals surface area contributed by atoms with Crippen LogP contribution in [0.2, 0.25) is 0 Å². The number of ether oxygens (including phenoxy) is 1. The van der Waals surface area contributed by atoms with Gasteiger partial charge in [-0.2, -0.15) is 0 Å². The molecule has 0 spiro atoms. The van der Waals surface area contributed by atoms with Gasteiger partial charge in [-0.3, -0.25) is 4.79 Å². The molecule has 0 aliphatic carbocycles. The van der Waals surface area contributed by atoms with Crippen LogP contribution in [0.25, 0.3) is 0 Å². The van der Waals surface area contributed by atoms with Crippen LogP contribution in [0.5, 0.6) is 0 Å². The molecule has 4 nitrogen and oxygen atoms in total. The Morgan fingerprint density at radius 3 is 2.63 bits per heavy atom. The largest absolute Gasteiger partial charge is 0.396 e. The Hall–Kier alpha value is -1.39. The van der Waals surface area contributed by atoms with Gasteiger partial charge >= 0.3 is 0 Å². The summed E-state index contributed by atoms with van der Waals surface area (Å²) < 4.78 is 5.02. The first kappa shape index (κ1) is 15.7. The van der Waals surface area contributed by atoms with E-state index in [9.17, 15) is 4.79 Å². The van der Waals surface area contributed by atoms with Gasteiger partial charge in [0.2, 0.25) is 0 Å². The molecule has 1 unspecified atom stereocenters. The lowest BCUT2D eigenvalue weighted by molar-refractivity contribution is 0.0952. The van der Waals surface area contributed by atoms with E-state index in [1.807, 2.05) is 19.1 Å². The number of amides is 1. The second-order valence-corrected chi connectivity index (χ2v) is 4.82. The van der Waals surface area contributed by atoms with Crippen molar-refractivity contribution in [1.82, 2.24) is 5.32 Å². The smallest absolute Gasteiger partial charge is 0.251 e. The molecule has 0 aliphatic heterocycles. The van der Waals surface area contributed by atoms with Crippen molar-refractivity contribution in [3.63, 3.8) is 0 Å². The van der Waals surface area contributed by atoms with E-state index in [4.69, 9.17) is 9.84 Å². The van der Waals surface area contributed by atoms with E-state index in [1.165, 1.54) is 0 Å². The quantitative estimate of drug-likeness (QED) is 0.707. The summed E-state index contributed by atoms with van der Waals surface area (Å²) in [4.78, 5) is 11.8. The molecule has 0 bridgehead atoms. The van der Waals surface area contributed by atoms with Crippen LogP contribution < -0.4 is 5.32 Å². The summed E-state index contributed by atoms with van der Waals surface area (Å²) in [6.45, 7) is 3.40. The predicted molar refractivity (Wildman–Crippen MR) is 75.0 cm³/mol. The Morgan fingerprint density at radius 1 is 1.37 bits per heavy atom. The number of nitrogens with one attached hydrogen (secondary N) is 1. The van der Waals surface area contributed by atoms with Gasteiger partial charge in [-0.15, -0.1) is 0 Å². The van der Waals surface area contributed by atoms with Gasteiger partial charge < -0.3 is 15.2 Å². The summed E-state index contributed by atoms with van der Waals surface area (Å²) in [6, 6.07) is 7.40. The van der Waals surface area contributed by atoms with E-state index in [0.717, 1.165) is 18.4 Å². The minimum absolute atomic E-state index is 0.0550. The Bertz CT molecular complexity index is 375. The molecule has 1 rings (SSSR count). The third-order valence-corrected chi connectivity index (χ3v) is 3.00. The molecular weight excluding hydrogens is 242 g/mol. The van der Waals surface area contributed by atoms with Gasteiger partial charge in [0.25, 0.3) is 5.91 Å². The van der Waals surface area contributed by atoms with Crippen molar-refractivity contribution >= 4 is 5.91 Å². The van der Waals surface area contributed by atoms with Gasteiger partial charge in [-0.25, -0.2) is 0 Å². The fraction of sp³-hybridized carbons (Fsp3) is 0.533. The standard InChI is InChI=1S/C15H23NO3/c1-12(10-17)4-3-9-16-15(18)14-7-5-13(6-8-14)11-19-2/h5-8,12,17H,3-4,9-11H2,1-2H3,(H,16,18). The first-order chi connectivity index (χ1) is 9.17.